The van der Waals surface area contributed by atoms with Crippen LogP contribution in [0, 0.1) is 5.92 Å². The predicted octanol–water partition coefficient (Wildman–Crippen LogP) is 3.76. The predicted molar refractivity (Wildman–Crippen MR) is 81.5 cm³/mol. The van der Waals surface area contributed by atoms with Gasteiger partial charge in [0.25, 0.3) is 0 Å². The summed E-state index contributed by atoms with van der Waals surface area (Å²) in [6, 6.07) is 2.54. The lowest BCUT2D eigenvalue weighted by molar-refractivity contribution is -0.114. The molecule has 106 valence electrons. The number of thiophene rings is 1. The lowest BCUT2D eigenvalue weighted by Gasteiger charge is -2.28. The SMILES string of the molecule is CC(=O)Nc1ccsc1CNC(C)C1CCCCC1. The first-order valence-electron chi connectivity index (χ1n) is 7.24. The third-order valence-corrected chi connectivity index (χ3v) is 4.92. The minimum atomic E-state index is -0.0000195. The largest absolute Gasteiger partial charge is 0.325 e. The van der Waals surface area contributed by atoms with E-state index in [1.807, 2.05) is 11.4 Å². The van der Waals surface area contributed by atoms with E-state index in [0.29, 0.717) is 6.04 Å². The molecule has 1 aliphatic carbocycles. The monoisotopic (exact) mass is 280 g/mol. The molecule has 1 aromatic heterocycles. The minimum Gasteiger partial charge on any atom is -0.325 e. The van der Waals surface area contributed by atoms with Crippen molar-refractivity contribution in [1.82, 2.24) is 5.32 Å². The summed E-state index contributed by atoms with van der Waals surface area (Å²) in [5.41, 5.74) is 0.959. The Morgan fingerprint density at radius 3 is 2.84 bits per heavy atom. The van der Waals surface area contributed by atoms with E-state index < -0.39 is 0 Å². The molecule has 1 aliphatic rings. The highest BCUT2D eigenvalue weighted by Gasteiger charge is 2.19. The van der Waals surface area contributed by atoms with Gasteiger partial charge in [0, 0.05) is 24.4 Å². The molecule has 1 saturated carbocycles. The lowest BCUT2D eigenvalue weighted by atomic mass is 9.84. The Labute approximate surface area is 119 Å². The summed E-state index contributed by atoms with van der Waals surface area (Å²) in [7, 11) is 0. The van der Waals surface area contributed by atoms with Crippen LogP contribution in [-0.4, -0.2) is 11.9 Å². The second-order valence-corrected chi connectivity index (χ2v) is 6.51. The fourth-order valence-electron chi connectivity index (χ4n) is 2.83. The molecule has 1 heterocycles. The van der Waals surface area contributed by atoms with E-state index in [2.05, 4.69) is 17.6 Å². The number of anilines is 1. The number of hydrogen-bond acceptors (Lipinski definition) is 3. The van der Waals surface area contributed by atoms with E-state index in [1.165, 1.54) is 37.0 Å². The van der Waals surface area contributed by atoms with Crippen LogP contribution in [0.1, 0.15) is 50.8 Å². The topological polar surface area (TPSA) is 41.1 Å². The number of hydrogen-bond donors (Lipinski definition) is 2. The number of carbonyl (C=O) groups is 1. The molecule has 2 rings (SSSR count). The van der Waals surface area contributed by atoms with Crippen LogP contribution >= 0.6 is 11.3 Å². The first-order valence-corrected chi connectivity index (χ1v) is 8.12. The van der Waals surface area contributed by atoms with Gasteiger partial charge in [0.1, 0.15) is 0 Å². The molecule has 2 N–H and O–H groups in total. The Hall–Kier alpha value is -0.870. The summed E-state index contributed by atoms with van der Waals surface area (Å²) in [5.74, 6) is 0.818. The van der Waals surface area contributed by atoms with Crippen molar-refractivity contribution in [2.24, 2.45) is 5.92 Å². The molecule has 0 aliphatic heterocycles. The van der Waals surface area contributed by atoms with Gasteiger partial charge in [-0.15, -0.1) is 11.3 Å². The molecule has 1 amide bonds. The maximum atomic E-state index is 11.1. The molecule has 0 spiro atoms. The van der Waals surface area contributed by atoms with Crippen LogP contribution in [0.15, 0.2) is 11.4 Å². The van der Waals surface area contributed by atoms with Gasteiger partial charge in [0.05, 0.1) is 5.69 Å². The van der Waals surface area contributed by atoms with Gasteiger partial charge in [-0.25, -0.2) is 0 Å². The third kappa shape index (κ3) is 4.32. The van der Waals surface area contributed by atoms with Crippen molar-refractivity contribution in [3.8, 4) is 0 Å². The van der Waals surface area contributed by atoms with Crippen molar-refractivity contribution in [2.75, 3.05) is 5.32 Å². The zero-order valence-corrected chi connectivity index (χ0v) is 12.7. The fraction of sp³-hybridized carbons (Fsp3) is 0.667. The summed E-state index contributed by atoms with van der Waals surface area (Å²) in [6.07, 6.45) is 6.88. The number of nitrogens with one attached hydrogen (secondary N) is 2. The highest BCUT2D eigenvalue weighted by molar-refractivity contribution is 7.10. The normalized spacial score (nSPS) is 18.2. The Balaban J connectivity index is 1.84. The molecule has 19 heavy (non-hydrogen) atoms. The highest BCUT2D eigenvalue weighted by Crippen LogP contribution is 2.27. The van der Waals surface area contributed by atoms with Crippen LogP contribution in [0.3, 0.4) is 0 Å². The standard InChI is InChI=1S/C15H24N2OS/c1-11(13-6-4-3-5-7-13)16-10-15-14(8-9-19-15)17-12(2)18/h8-9,11,13,16H,3-7,10H2,1-2H3,(H,17,18). The summed E-state index contributed by atoms with van der Waals surface area (Å²) < 4.78 is 0. The molecule has 1 fully saturated rings. The first kappa shape index (κ1) is 14.5. The van der Waals surface area contributed by atoms with Gasteiger partial charge < -0.3 is 10.6 Å². The smallest absolute Gasteiger partial charge is 0.221 e. The number of amides is 1. The van der Waals surface area contributed by atoms with Crippen LogP contribution in [0.25, 0.3) is 0 Å². The van der Waals surface area contributed by atoms with Crippen molar-refractivity contribution in [3.05, 3.63) is 16.3 Å². The molecule has 1 atom stereocenters. The molecule has 0 bridgehead atoms. The van der Waals surface area contributed by atoms with Crippen LogP contribution in [0.4, 0.5) is 5.69 Å². The average Bonchev–Trinajstić information content (AvgIpc) is 2.83. The highest BCUT2D eigenvalue weighted by atomic mass is 32.1. The molecule has 1 unspecified atom stereocenters. The summed E-state index contributed by atoms with van der Waals surface area (Å²) in [6.45, 7) is 4.70. The summed E-state index contributed by atoms with van der Waals surface area (Å²) in [5, 5.41) is 8.55. The quantitative estimate of drug-likeness (QED) is 0.862. The minimum absolute atomic E-state index is 0.0000195. The van der Waals surface area contributed by atoms with Crippen molar-refractivity contribution in [3.63, 3.8) is 0 Å². The molecule has 0 saturated heterocycles. The van der Waals surface area contributed by atoms with E-state index in [9.17, 15) is 4.79 Å². The van der Waals surface area contributed by atoms with Crippen molar-refractivity contribution in [1.29, 1.82) is 0 Å². The molecule has 4 heteroatoms. The molecule has 0 radical (unpaired) electrons. The van der Waals surface area contributed by atoms with E-state index in [4.69, 9.17) is 0 Å². The van der Waals surface area contributed by atoms with Gasteiger partial charge in [-0.05, 0) is 37.1 Å². The second-order valence-electron chi connectivity index (χ2n) is 5.51. The fourth-order valence-corrected chi connectivity index (χ4v) is 3.61. The Bertz CT molecular complexity index is 410. The van der Waals surface area contributed by atoms with Crippen LogP contribution in [0.2, 0.25) is 0 Å². The zero-order chi connectivity index (χ0) is 13.7. The van der Waals surface area contributed by atoms with E-state index in [-0.39, 0.29) is 5.91 Å². The maximum Gasteiger partial charge on any atom is 0.221 e. The number of rotatable bonds is 5. The second kappa shape index (κ2) is 7.06. The third-order valence-electron chi connectivity index (χ3n) is 4.00. The van der Waals surface area contributed by atoms with Gasteiger partial charge in [0.15, 0.2) is 0 Å². The Kier molecular flexibility index (Phi) is 5.40. The first-order chi connectivity index (χ1) is 9.16. The molecule has 0 aromatic carbocycles. The Morgan fingerprint density at radius 1 is 1.42 bits per heavy atom. The van der Waals surface area contributed by atoms with Crippen LogP contribution < -0.4 is 10.6 Å². The van der Waals surface area contributed by atoms with Crippen molar-refractivity contribution < 1.29 is 4.79 Å². The average molecular weight is 280 g/mol. The Morgan fingerprint density at radius 2 is 2.16 bits per heavy atom. The van der Waals surface area contributed by atoms with Gasteiger partial charge in [-0.3, -0.25) is 4.79 Å². The van der Waals surface area contributed by atoms with Crippen LogP contribution in [0.5, 0.6) is 0 Å². The number of carbonyl (C=O) groups excluding carboxylic acids is 1. The molecular weight excluding hydrogens is 256 g/mol. The van der Waals surface area contributed by atoms with E-state index >= 15 is 0 Å². The molecular formula is C15H24N2OS. The van der Waals surface area contributed by atoms with Crippen LogP contribution in [-0.2, 0) is 11.3 Å². The summed E-state index contributed by atoms with van der Waals surface area (Å²) >= 11 is 1.70. The van der Waals surface area contributed by atoms with Gasteiger partial charge >= 0.3 is 0 Å². The summed E-state index contributed by atoms with van der Waals surface area (Å²) in [4.78, 5) is 12.3. The van der Waals surface area contributed by atoms with E-state index in [1.54, 1.807) is 18.3 Å². The molecule has 3 nitrogen and oxygen atoms in total. The van der Waals surface area contributed by atoms with E-state index in [0.717, 1.165) is 18.2 Å². The maximum absolute atomic E-state index is 11.1. The van der Waals surface area contributed by atoms with Crippen molar-refractivity contribution in [2.45, 2.75) is 58.5 Å². The van der Waals surface area contributed by atoms with Gasteiger partial charge in [-0.1, -0.05) is 19.3 Å². The zero-order valence-electron chi connectivity index (χ0n) is 11.9. The van der Waals surface area contributed by atoms with Gasteiger partial charge in [-0.2, -0.15) is 0 Å². The molecule has 1 aromatic rings. The van der Waals surface area contributed by atoms with Gasteiger partial charge in [0.2, 0.25) is 5.91 Å². The lowest BCUT2D eigenvalue weighted by Crippen LogP contribution is -2.34. The van der Waals surface area contributed by atoms with Crippen molar-refractivity contribution >= 4 is 22.9 Å².